The Morgan fingerprint density at radius 2 is 1.87 bits per heavy atom. The zero-order chi connectivity index (χ0) is 16.2. The molecule has 23 heavy (non-hydrogen) atoms. The first kappa shape index (κ1) is 15.0. The lowest BCUT2D eigenvalue weighted by Crippen LogP contribution is -2.04. The van der Waals surface area contributed by atoms with Crippen molar-refractivity contribution in [3.63, 3.8) is 0 Å². The van der Waals surface area contributed by atoms with Crippen molar-refractivity contribution >= 4 is 5.97 Å². The third-order valence-electron chi connectivity index (χ3n) is 3.83. The summed E-state index contributed by atoms with van der Waals surface area (Å²) in [7, 11) is 1.39. The molecule has 2 aromatic carbocycles. The van der Waals surface area contributed by atoms with Crippen LogP contribution in [0.25, 0.3) is 11.4 Å². The molecular weight excluding hydrogens is 288 g/mol. The molecule has 0 amide bonds. The second-order valence-electron chi connectivity index (χ2n) is 5.38. The van der Waals surface area contributed by atoms with E-state index in [4.69, 9.17) is 4.74 Å². The third kappa shape index (κ3) is 3.16. The van der Waals surface area contributed by atoms with Gasteiger partial charge in [-0.05, 0) is 30.2 Å². The van der Waals surface area contributed by atoms with Crippen molar-refractivity contribution in [3.8, 4) is 11.4 Å². The predicted molar refractivity (Wildman–Crippen MR) is 89.3 cm³/mol. The fraction of sp³-hybridized carbons (Fsp3) is 0.158. The number of hydrogen-bond acceptors (Lipinski definition) is 3. The maximum atomic E-state index is 11.5. The second kappa shape index (κ2) is 6.48. The third-order valence-corrected chi connectivity index (χ3v) is 3.83. The number of imidazole rings is 1. The predicted octanol–water partition coefficient (Wildman–Crippen LogP) is 3.69. The molecular formula is C19H18N2O2. The average Bonchev–Trinajstić information content (AvgIpc) is 3.03. The second-order valence-corrected chi connectivity index (χ2v) is 5.38. The van der Waals surface area contributed by atoms with Gasteiger partial charge in [-0.25, -0.2) is 9.78 Å². The molecule has 0 aliphatic rings. The van der Waals surface area contributed by atoms with E-state index in [1.165, 1.54) is 12.7 Å². The molecule has 4 nitrogen and oxygen atoms in total. The first-order valence-corrected chi connectivity index (χ1v) is 7.43. The van der Waals surface area contributed by atoms with Crippen molar-refractivity contribution in [2.75, 3.05) is 7.11 Å². The maximum absolute atomic E-state index is 11.5. The average molecular weight is 306 g/mol. The van der Waals surface area contributed by atoms with E-state index in [0.717, 1.165) is 17.0 Å². The molecule has 3 rings (SSSR count). The largest absolute Gasteiger partial charge is 0.465 e. The highest BCUT2D eigenvalue weighted by atomic mass is 16.5. The van der Waals surface area contributed by atoms with Crippen LogP contribution in [0.3, 0.4) is 0 Å². The molecule has 0 spiro atoms. The Kier molecular flexibility index (Phi) is 4.24. The highest BCUT2D eigenvalue weighted by Gasteiger charge is 2.09. The smallest absolute Gasteiger partial charge is 0.337 e. The summed E-state index contributed by atoms with van der Waals surface area (Å²) in [5, 5.41) is 0. The van der Waals surface area contributed by atoms with Gasteiger partial charge >= 0.3 is 5.97 Å². The van der Waals surface area contributed by atoms with E-state index in [0.29, 0.717) is 12.1 Å². The summed E-state index contributed by atoms with van der Waals surface area (Å²) >= 11 is 0. The Bertz CT molecular complexity index is 819. The van der Waals surface area contributed by atoms with Gasteiger partial charge in [0.15, 0.2) is 0 Å². The van der Waals surface area contributed by atoms with Gasteiger partial charge < -0.3 is 9.30 Å². The molecule has 0 atom stereocenters. The van der Waals surface area contributed by atoms with E-state index in [2.05, 4.69) is 28.6 Å². The Balaban J connectivity index is 1.86. The summed E-state index contributed by atoms with van der Waals surface area (Å²) in [6.45, 7) is 2.78. The zero-order valence-corrected chi connectivity index (χ0v) is 13.2. The van der Waals surface area contributed by atoms with Crippen LogP contribution < -0.4 is 0 Å². The number of rotatable bonds is 4. The minimum atomic E-state index is -0.320. The molecule has 0 N–H and O–H groups in total. The molecule has 0 aliphatic heterocycles. The van der Waals surface area contributed by atoms with Crippen LogP contribution in [0, 0.1) is 6.92 Å². The minimum absolute atomic E-state index is 0.320. The molecule has 116 valence electrons. The maximum Gasteiger partial charge on any atom is 0.337 e. The highest BCUT2D eigenvalue weighted by Crippen LogP contribution is 2.22. The monoisotopic (exact) mass is 306 g/mol. The van der Waals surface area contributed by atoms with Crippen molar-refractivity contribution in [2.45, 2.75) is 13.5 Å². The van der Waals surface area contributed by atoms with E-state index in [9.17, 15) is 4.79 Å². The van der Waals surface area contributed by atoms with Gasteiger partial charge in [0.05, 0.1) is 12.7 Å². The van der Waals surface area contributed by atoms with Gasteiger partial charge in [-0.3, -0.25) is 0 Å². The molecule has 1 aromatic heterocycles. The summed E-state index contributed by atoms with van der Waals surface area (Å²) < 4.78 is 6.82. The molecule has 0 aliphatic carbocycles. The number of carbonyl (C=O) groups excluding carboxylic acids is 1. The summed E-state index contributed by atoms with van der Waals surface area (Å²) in [5.41, 5.74) is 3.98. The van der Waals surface area contributed by atoms with Gasteiger partial charge in [-0.1, -0.05) is 36.4 Å². The quantitative estimate of drug-likeness (QED) is 0.690. The number of esters is 1. The van der Waals surface area contributed by atoms with Crippen LogP contribution in [0.15, 0.2) is 60.9 Å². The number of carbonyl (C=O) groups is 1. The molecule has 1 heterocycles. The normalized spacial score (nSPS) is 10.5. The van der Waals surface area contributed by atoms with Gasteiger partial charge in [0.1, 0.15) is 5.82 Å². The number of hydrogen-bond donors (Lipinski definition) is 0. The Morgan fingerprint density at radius 3 is 2.57 bits per heavy atom. The molecule has 0 fully saturated rings. The van der Waals surface area contributed by atoms with Crippen molar-refractivity contribution in [1.29, 1.82) is 0 Å². The standard InChI is InChI=1S/C19H18N2O2/c1-14-5-3-4-6-17(14)18-20-11-12-21(18)13-15-7-9-16(10-8-15)19(22)23-2/h3-12H,13H2,1-2H3. The highest BCUT2D eigenvalue weighted by molar-refractivity contribution is 5.89. The number of aryl methyl sites for hydroxylation is 1. The van der Waals surface area contributed by atoms with Crippen LogP contribution in [0.1, 0.15) is 21.5 Å². The van der Waals surface area contributed by atoms with Gasteiger partial charge in [-0.15, -0.1) is 0 Å². The number of benzene rings is 2. The SMILES string of the molecule is COC(=O)c1ccc(Cn2ccnc2-c2ccccc2C)cc1. The number of aromatic nitrogens is 2. The number of nitrogens with zero attached hydrogens (tertiary/aromatic N) is 2. The lowest BCUT2D eigenvalue weighted by Gasteiger charge is -2.10. The number of ether oxygens (including phenoxy) is 1. The van der Waals surface area contributed by atoms with Crippen molar-refractivity contribution in [1.82, 2.24) is 9.55 Å². The molecule has 0 bridgehead atoms. The first-order chi connectivity index (χ1) is 11.2. The Labute approximate surface area is 135 Å². The van der Waals surface area contributed by atoms with Gasteiger partial charge in [0, 0.05) is 24.5 Å². The van der Waals surface area contributed by atoms with Crippen LogP contribution in [0.2, 0.25) is 0 Å². The van der Waals surface area contributed by atoms with E-state index >= 15 is 0 Å². The van der Waals surface area contributed by atoms with Crippen molar-refractivity contribution < 1.29 is 9.53 Å². The van der Waals surface area contributed by atoms with Crippen LogP contribution in [0.4, 0.5) is 0 Å². The fourth-order valence-electron chi connectivity index (χ4n) is 2.57. The minimum Gasteiger partial charge on any atom is -0.465 e. The molecule has 4 heteroatoms. The van der Waals surface area contributed by atoms with E-state index in [-0.39, 0.29) is 5.97 Å². The van der Waals surface area contributed by atoms with E-state index < -0.39 is 0 Å². The van der Waals surface area contributed by atoms with Gasteiger partial charge in [-0.2, -0.15) is 0 Å². The van der Waals surface area contributed by atoms with Crippen molar-refractivity contribution in [3.05, 3.63) is 77.6 Å². The van der Waals surface area contributed by atoms with E-state index in [1.807, 2.05) is 36.7 Å². The zero-order valence-electron chi connectivity index (χ0n) is 13.2. The van der Waals surface area contributed by atoms with Crippen LogP contribution in [0.5, 0.6) is 0 Å². The van der Waals surface area contributed by atoms with Gasteiger partial charge in [0.2, 0.25) is 0 Å². The molecule has 0 radical (unpaired) electrons. The topological polar surface area (TPSA) is 44.1 Å². The first-order valence-electron chi connectivity index (χ1n) is 7.43. The summed E-state index contributed by atoms with van der Waals surface area (Å²) in [5.74, 6) is 0.625. The van der Waals surface area contributed by atoms with Crippen molar-refractivity contribution in [2.24, 2.45) is 0 Å². The van der Waals surface area contributed by atoms with Crippen LogP contribution in [-0.2, 0) is 11.3 Å². The Morgan fingerprint density at radius 1 is 1.13 bits per heavy atom. The lowest BCUT2D eigenvalue weighted by atomic mass is 10.1. The number of methoxy groups -OCH3 is 1. The molecule has 0 unspecified atom stereocenters. The molecule has 3 aromatic rings. The van der Waals surface area contributed by atoms with Crippen LogP contribution >= 0.6 is 0 Å². The molecule has 0 saturated carbocycles. The fourth-order valence-corrected chi connectivity index (χ4v) is 2.57. The summed E-state index contributed by atoms with van der Waals surface area (Å²) in [6.07, 6.45) is 3.78. The summed E-state index contributed by atoms with van der Waals surface area (Å²) in [6, 6.07) is 15.6. The lowest BCUT2D eigenvalue weighted by molar-refractivity contribution is 0.0600. The van der Waals surface area contributed by atoms with Gasteiger partial charge in [0.25, 0.3) is 0 Å². The molecule has 0 saturated heterocycles. The Hall–Kier alpha value is -2.88. The summed E-state index contributed by atoms with van der Waals surface area (Å²) in [4.78, 5) is 16.0. The van der Waals surface area contributed by atoms with E-state index in [1.54, 1.807) is 12.1 Å². The van der Waals surface area contributed by atoms with Crippen LogP contribution in [-0.4, -0.2) is 22.6 Å².